The number of ether oxygens (including phenoxy) is 1. The van der Waals surface area contributed by atoms with Gasteiger partial charge in [-0.1, -0.05) is 22.2 Å². The number of hydrogen-bond acceptors (Lipinski definition) is 5. The fraction of sp³-hybridized carbons (Fsp3) is 0.273. The van der Waals surface area contributed by atoms with Crippen molar-refractivity contribution in [2.75, 3.05) is 14.2 Å². The van der Waals surface area contributed by atoms with Crippen LogP contribution in [-0.4, -0.2) is 23.7 Å². The van der Waals surface area contributed by atoms with Crippen molar-refractivity contribution in [1.82, 2.24) is 14.9 Å². The molecule has 0 aliphatic carbocycles. The molecule has 0 saturated heterocycles. The van der Waals surface area contributed by atoms with E-state index in [4.69, 9.17) is 16.3 Å². The lowest BCUT2D eigenvalue weighted by Gasteiger charge is -2.15. The summed E-state index contributed by atoms with van der Waals surface area (Å²) in [4.78, 5) is 1.05. The molecule has 0 bridgehead atoms. The second kappa shape index (κ2) is 5.44. The number of aromatic nitrogens is 2. The molecule has 2 aromatic rings. The first-order chi connectivity index (χ1) is 8.26. The normalized spacial score (nSPS) is 12.4. The molecule has 17 heavy (non-hydrogen) atoms. The molecule has 90 valence electrons. The third-order valence-electron chi connectivity index (χ3n) is 2.46. The van der Waals surface area contributed by atoms with E-state index in [1.807, 2.05) is 25.2 Å². The first-order valence-corrected chi connectivity index (χ1v) is 6.19. The van der Waals surface area contributed by atoms with Crippen LogP contribution in [0.2, 0.25) is 5.02 Å². The molecule has 0 aliphatic heterocycles. The Morgan fingerprint density at radius 1 is 1.47 bits per heavy atom. The Morgan fingerprint density at radius 3 is 2.88 bits per heavy atom. The van der Waals surface area contributed by atoms with Gasteiger partial charge in [0.2, 0.25) is 0 Å². The van der Waals surface area contributed by atoms with Gasteiger partial charge in [-0.15, -0.1) is 5.10 Å². The zero-order chi connectivity index (χ0) is 12.3. The Hall–Kier alpha value is -1.17. The van der Waals surface area contributed by atoms with Crippen molar-refractivity contribution in [2.45, 2.75) is 6.04 Å². The Bertz CT molecular complexity index is 489. The third-order valence-corrected chi connectivity index (χ3v) is 3.50. The van der Waals surface area contributed by atoms with Crippen LogP contribution in [0.3, 0.4) is 0 Å². The van der Waals surface area contributed by atoms with Crippen LogP contribution in [0, 0.1) is 0 Å². The molecular formula is C11H12ClN3OS. The molecule has 0 amide bonds. The fourth-order valence-electron chi connectivity index (χ4n) is 1.63. The van der Waals surface area contributed by atoms with Crippen LogP contribution >= 0.6 is 23.1 Å². The Morgan fingerprint density at radius 2 is 2.29 bits per heavy atom. The molecule has 0 saturated carbocycles. The smallest absolute Gasteiger partial charge is 0.137 e. The van der Waals surface area contributed by atoms with Gasteiger partial charge in [0, 0.05) is 0 Å². The quantitative estimate of drug-likeness (QED) is 0.927. The number of halogens is 1. The maximum atomic E-state index is 6.00. The third kappa shape index (κ3) is 2.57. The molecule has 1 N–H and O–H groups in total. The van der Waals surface area contributed by atoms with Gasteiger partial charge in [0.25, 0.3) is 0 Å². The van der Waals surface area contributed by atoms with Crippen LogP contribution in [0.25, 0.3) is 0 Å². The SMILES string of the molecule is CNC(c1ccc(Cl)c(OC)c1)c1cnns1. The van der Waals surface area contributed by atoms with E-state index < -0.39 is 0 Å². The molecule has 0 aliphatic rings. The van der Waals surface area contributed by atoms with Gasteiger partial charge in [0.15, 0.2) is 0 Å². The number of nitrogens with one attached hydrogen (secondary N) is 1. The lowest BCUT2D eigenvalue weighted by atomic mass is 10.1. The molecule has 2 rings (SSSR count). The zero-order valence-corrected chi connectivity index (χ0v) is 11.0. The molecule has 1 atom stereocenters. The van der Waals surface area contributed by atoms with Crippen LogP contribution in [0.5, 0.6) is 5.75 Å². The summed E-state index contributed by atoms with van der Waals surface area (Å²) in [6.07, 6.45) is 1.76. The van der Waals surface area contributed by atoms with Crippen molar-refractivity contribution in [3.63, 3.8) is 0 Å². The van der Waals surface area contributed by atoms with Crippen LogP contribution < -0.4 is 10.1 Å². The Labute approximate surface area is 109 Å². The van der Waals surface area contributed by atoms with Gasteiger partial charge in [-0.05, 0) is 36.3 Å². The lowest BCUT2D eigenvalue weighted by Crippen LogP contribution is -2.16. The van der Waals surface area contributed by atoms with Crippen molar-refractivity contribution in [3.05, 3.63) is 39.9 Å². The summed E-state index contributed by atoms with van der Waals surface area (Å²) in [6.45, 7) is 0. The van der Waals surface area contributed by atoms with Crippen LogP contribution in [0.1, 0.15) is 16.5 Å². The van der Waals surface area contributed by atoms with Crippen molar-refractivity contribution >= 4 is 23.1 Å². The Kier molecular flexibility index (Phi) is 3.93. The highest BCUT2D eigenvalue weighted by Crippen LogP contribution is 2.30. The number of benzene rings is 1. The molecule has 1 heterocycles. The molecule has 0 radical (unpaired) electrons. The van der Waals surface area contributed by atoms with Gasteiger partial charge in [0.1, 0.15) is 5.75 Å². The second-order valence-electron chi connectivity index (χ2n) is 3.44. The van der Waals surface area contributed by atoms with Gasteiger partial charge >= 0.3 is 0 Å². The van der Waals surface area contributed by atoms with E-state index in [1.165, 1.54) is 11.5 Å². The molecule has 6 heteroatoms. The predicted molar refractivity (Wildman–Crippen MR) is 68.8 cm³/mol. The van der Waals surface area contributed by atoms with Crippen LogP contribution in [0.4, 0.5) is 0 Å². The van der Waals surface area contributed by atoms with Crippen molar-refractivity contribution < 1.29 is 4.74 Å². The summed E-state index contributed by atoms with van der Waals surface area (Å²) in [5.74, 6) is 0.668. The van der Waals surface area contributed by atoms with Crippen LogP contribution in [-0.2, 0) is 0 Å². The maximum Gasteiger partial charge on any atom is 0.137 e. The van der Waals surface area contributed by atoms with Gasteiger partial charge < -0.3 is 10.1 Å². The summed E-state index contributed by atoms with van der Waals surface area (Å²) >= 11 is 7.37. The Balaban J connectivity index is 2.38. The van der Waals surface area contributed by atoms with E-state index in [9.17, 15) is 0 Å². The molecule has 1 aromatic heterocycles. The van der Waals surface area contributed by atoms with Crippen molar-refractivity contribution in [1.29, 1.82) is 0 Å². The average Bonchev–Trinajstić information content (AvgIpc) is 2.86. The van der Waals surface area contributed by atoms with Gasteiger partial charge in [-0.3, -0.25) is 0 Å². The first kappa shape index (κ1) is 12.3. The van der Waals surface area contributed by atoms with Crippen molar-refractivity contribution in [2.24, 2.45) is 0 Å². The van der Waals surface area contributed by atoms with Gasteiger partial charge in [-0.25, -0.2) is 0 Å². The highest BCUT2D eigenvalue weighted by Gasteiger charge is 2.15. The van der Waals surface area contributed by atoms with E-state index in [0.717, 1.165) is 10.4 Å². The van der Waals surface area contributed by atoms with E-state index >= 15 is 0 Å². The summed E-state index contributed by atoms with van der Waals surface area (Å²) < 4.78 is 9.08. The summed E-state index contributed by atoms with van der Waals surface area (Å²) in [5, 5.41) is 7.68. The van der Waals surface area contributed by atoms with Crippen molar-refractivity contribution in [3.8, 4) is 5.75 Å². The monoisotopic (exact) mass is 269 g/mol. The number of methoxy groups -OCH3 is 1. The van der Waals surface area contributed by atoms with Crippen LogP contribution in [0.15, 0.2) is 24.4 Å². The summed E-state index contributed by atoms with van der Waals surface area (Å²) in [7, 11) is 3.50. The largest absolute Gasteiger partial charge is 0.495 e. The molecule has 0 fully saturated rings. The average molecular weight is 270 g/mol. The molecular weight excluding hydrogens is 258 g/mol. The fourth-order valence-corrected chi connectivity index (χ4v) is 2.47. The maximum absolute atomic E-state index is 6.00. The molecule has 1 unspecified atom stereocenters. The van der Waals surface area contributed by atoms with Gasteiger partial charge in [0.05, 0.1) is 29.2 Å². The van der Waals surface area contributed by atoms with Gasteiger partial charge in [-0.2, -0.15) is 0 Å². The predicted octanol–water partition coefficient (Wildman–Crippen LogP) is 2.51. The first-order valence-electron chi connectivity index (χ1n) is 5.04. The minimum absolute atomic E-state index is 0.0566. The minimum atomic E-state index is 0.0566. The highest BCUT2D eigenvalue weighted by molar-refractivity contribution is 7.05. The summed E-state index contributed by atoms with van der Waals surface area (Å²) in [6, 6.07) is 5.77. The van der Waals surface area contributed by atoms with E-state index in [-0.39, 0.29) is 6.04 Å². The number of nitrogens with zero attached hydrogens (tertiary/aromatic N) is 2. The minimum Gasteiger partial charge on any atom is -0.495 e. The molecule has 0 spiro atoms. The van der Waals surface area contributed by atoms with E-state index in [1.54, 1.807) is 13.3 Å². The lowest BCUT2D eigenvalue weighted by molar-refractivity contribution is 0.414. The highest BCUT2D eigenvalue weighted by atomic mass is 35.5. The standard InChI is InChI=1S/C11H12ClN3OS/c1-13-11(10-6-14-15-17-10)7-3-4-8(12)9(5-7)16-2/h3-6,11,13H,1-2H3. The van der Waals surface area contributed by atoms with E-state index in [0.29, 0.717) is 10.8 Å². The zero-order valence-electron chi connectivity index (χ0n) is 9.48. The molecule has 1 aromatic carbocycles. The molecule has 4 nitrogen and oxygen atoms in total. The number of rotatable bonds is 4. The topological polar surface area (TPSA) is 47.0 Å². The number of hydrogen-bond donors (Lipinski definition) is 1. The second-order valence-corrected chi connectivity index (χ2v) is 4.66. The van der Waals surface area contributed by atoms with E-state index in [2.05, 4.69) is 14.9 Å². The summed E-state index contributed by atoms with van der Waals surface area (Å²) in [5.41, 5.74) is 1.07.